The molecule has 1 aromatic heterocycles. The molecule has 0 aliphatic carbocycles. The van der Waals surface area contributed by atoms with Crippen molar-refractivity contribution in [1.29, 1.82) is 5.26 Å². The van der Waals surface area contributed by atoms with Gasteiger partial charge in [-0.05, 0) is 30.3 Å². The van der Waals surface area contributed by atoms with E-state index in [1.165, 1.54) is 34.6 Å². The van der Waals surface area contributed by atoms with Gasteiger partial charge in [-0.2, -0.15) is 9.57 Å². The summed E-state index contributed by atoms with van der Waals surface area (Å²) in [6, 6.07) is 9.70. The lowest BCUT2D eigenvalue weighted by atomic mass is 10.1. The van der Waals surface area contributed by atoms with E-state index in [0.717, 1.165) is 6.07 Å². The topological polar surface area (TPSA) is 154 Å². The van der Waals surface area contributed by atoms with Crippen LogP contribution in [-0.2, 0) is 10.0 Å². The Hall–Kier alpha value is -3.75. The number of benzene rings is 2. The van der Waals surface area contributed by atoms with E-state index < -0.39 is 21.9 Å². The smallest absolute Gasteiger partial charge is 0.337 e. The minimum Gasteiger partial charge on any atom is -0.478 e. The summed E-state index contributed by atoms with van der Waals surface area (Å²) in [5.74, 6) is -2.06. The average molecular weight is 442 g/mol. The van der Waals surface area contributed by atoms with E-state index in [0.29, 0.717) is 13.1 Å². The lowest BCUT2D eigenvalue weighted by Gasteiger charge is -2.18. The number of sulfonamides is 1. The number of hydrogen-bond donors (Lipinski definition) is 2. The van der Waals surface area contributed by atoms with Crippen LogP contribution in [0, 0.1) is 11.3 Å². The number of fused-ring (bicyclic) bond motifs is 1. The summed E-state index contributed by atoms with van der Waals surface area (Å²) in [6.45, 7) is 4.06. The van der Waals surface area contributed by atoms with Crippen molar-refractivity contribution in [3.63, 3.8) is 0 Å². The maximum absolute atomic E-state index is 12.7. The van der Waals surface area contributed by atoms with Gasteiger partial charge in [0.15, 0.2) is 11.3 Å². The van der Waals surface area contributed by atoms with Crippen molar-refractivity contribution in [2.24, 2.45) is 0 Å². The molecule has 3 aromatic rings. The number of hydrogen-bond acceptors (Lipinski definition) is 7. The zero-order valence-electron chi connectivity index (χ0n) is 16.6. The first-order valence-corrected chi connectivity index (χ1v) is 10.6. The second-order valence-corrected chi connectivity index (χ2v) is 8.35. The molecule has 10 nitrogen and oxygen atoms in total. The highest BCUT2D eigenvalue weighted by atomic mass is 32.2. The van der Waals surface area contributed by atoms with E-state index in [-0.39, 0.29) is 38.4 Å². The van der Waals surface area contributed by atoms with Crippen LogP contribution in [-0.4, -0.2) is 48.0 Å². The molecule has 0 spiro atoms. The molecule has 31 heavy (non-hydrogen) atoms. The number of aromatic carboxylic acids is 1. The fourth-order valence-electron chi connectivity index (χ4n) is 3.04. The molecule has 160 valence electrons. The molecule has 0 atom stereocenters. The Morgan fingerprint density at radius 3 is 2.52 bits per heavy atom. The Kier molecular flexibility index (Phi) is 6.05. The first kappa shape index (κ1) is 21.9. The quantitative estimate of drug-likeness (QED) is 0.566. The Balaban J connectivity index is 1.96. The molecule has 3 rings (SSSR count). The minimum atomic E-state index is -3.72. The average Bonchev–Trinajstić information content (AvgIpc) is 3.18. The van der Waals surface area contributed by atoms with Gasteiger partial charge in [0.25, 0.3) is 5.91 Å². The number of anilines is 1. The molecule has 0 bridgehead atoms. The summed E-state index contributed by atoms with van der Waals surface area (Å²) in [4.78, 5) is 24.1. The van der Waals surface area contributed by atoms with Crippen LogP contribution in [0.25, 0.3) is 11.0 Å². The number of amides is 1. The molecule has 2 aromatic carbocycles. The van der Waals surface area contributed by atoms with Crippen molar-refractivity contribution in [3.8, 4) is 6.07 Å². The van der Waals surface area contributed by atoms with Crippen LogP contribution in [0.1, 0.15) is 40.3 Å². The van der Waals surface area contributed by atoms with Crippen molar-refractivity contribution in [1.82, 2.24) is 9.46 Å². The second-order valence-electron chi connectivity index (χ2n) is 6.41. The predicted molar refractivity (Wildman–Crippen MR) is 110 cm³/mol. The van der Waals surface area contributed by atoms with E-state index in [4.69, 9.17) is 9.78 Å². The Bertz CT molecular complexity index is 1320. The van der Waals surface area contributed by atoms with Crippen LogP contribution in [0.3, 0.4) is 0 Å². The van der Waals surface area contributed by atoms with Gasteiger partial charge in [-0.25, -0.2) is 13.2 Å². The van der Waals surface area contributed by atoms with Crippen molar-refractivity contribution in [2.75, 3.05) is 18.4 Å². The van der Waals surface area contributed by atoms with E-state index in [1.807, 2.05) is 6.07 Å². The summed E-state index contributed by atoms with van der Waals surface area (Å²) in [5, 5.41) is 24.7. The second kappa shape index (κ2) is 8.55. The number of carboxylic acid groups (broad SMARTS) is 1. The predicted octanol–water partition coefficient (Wildman–Crippen LogP) is 2.68. The number of carboxylic acids is 1. The number of nitrogens with zero attached hydrogens (tertiary/aromatic N) is 3. The van der Waals surface area contributed by atoms with E-state index in [9.17, 15) is 23.1 Å². The van der Waals surface area contributed by atoms with Gasteiger partial charge in [-0.15, -0.1) is 0 Å². The summed E-state index contributed by atoms with van der Waals surface area (Å²) in [5.41, 5.74) is -0.190. The van der Waals surface area contributed by atoms with Crippen LogP contribution in [0.15, 0.2) is 45.8 Å². The molecule has 1 amide bonds. The highest BCUT2D eigenvalue weighted by molar-refractivity contribution is 7.89. The standard InChI is InChI=1S/C20H18N4O6S/c1-3-24(4-2)31(28,29)13-6-7-14-17(10-13)30-23-18(14)19(25)22-16-8-5-12(11-21)9-15(16)20(26)27/h5-10H,3-4H2,1-2H3,(H,22,25)(H,26,27). The maximum Gasteiger partial charge on any atom is 0.337 e. The van der Waals surface area contributed by atoms with Gasteiger partial charge in [0.2, 0.25) is 10.0 Å². The SMILES string of the molecule is CCN(CC)S(=O)(=O)c1ccc2c(C(=O)Nc3ccc(C#N)cc3C(=O)O)noc2c1. The van der Waals surface area contributed by atoms with Gasteiger partial charge in [0.05, 0.1) is 33.2 Å². The number of aromatic nitrogens is 1. The molecule has 2 N–H and O–H groups in total. The van der Waals surface area contributed by atoms with Crippen LogP contribution < -0.4 is 5.32 Å². The molecule has 0 aliphatic rings. The molecule has 0 aliphatic heterocycles. The summed E-state index contributed by atoms with van der Waals surface area (Å²) < 4.78 is 31.8. The summed E-state index contributed by atoms with van der Waals surface area (Å²) >= 11 is 0. The maximum atomic E-state index is 12.7. The summed E-state index contributed by atoms with van der Waals surface area (Å²) in [7, 11) is -3.72. The number of carbonyl (C=O) groups is 2. The third-order valence-electron chi connectivity index (χ3n) is 4.63. The van der Waals surface area contributed by atoms with Gasteiger partial charge >= 0.3 is 5.97 Å². The van der Waals surface area contributed by atoms with Crippen molar-refractivity contribution in [2.45, 2.75) is 18.7 Å². The number of nitrogens with one attached hydrogen (secondary N) is 1. The van der Waals surface area contributed by atoms with Crippen LogP contribution in [0.4, 0.5) is 5.69 Å². The fraction of sp³-hybridized carbons (Fsp3) is 0.200. The molecular weight excluding hydrogens is 424 g/mol. The van der Waals surface area contributed by atoms with Gasteiger partial charge < -0.3 is 14.9 Å². The molecule has 1 heterocycles. The third-order valence-corrected chi connectivity index (χ3v) is 6.67. The summed E-state index contributed by atoms with van der Waals surface area (Å²) in [6.07, 6.45) is 0. The Morgan fingerprint density at radius 1 is 1.19 bits per heavy atom. The zero-order valence-corrected chi connectivity index (χ0v) is 17.4. The molecule has 0 saturated heterocycles. The number of rotatable bonds is 7. The Morgan fingerprint density at radius 2 is 1.90 bits per heavy atom. The van der Waals surface area contributed by atoms with Crippen LogP contribution in [0.5, 0.6) is 0 Å². The normalized spacial score (nSPS) is 11.4. The molecular formula is C20H18N4O6S. The monoisotopic (exact) mass is 442 g/mol. The molecule has 0 fully saturated rings. The first-order valence-electron chi connectivity index (χ1n) is 9.21. The van der Waals surface area contributed by atoms with Gasteiger partial charge in [-0.3, -0.25) is 4.79 Å². The zero-order chi connectivity index (χ0) is 22.8. The Labute approximate surface area is 177 Å². The van der Waals surface area contributed by atoms with Crippen LogP contribution in [0.2, 0.25) is 0 Å². The van der Waals surface area contributed by atoms with E-state index in [2.05, 4.69) is 10.5 Å². The fourth-order valence-corrected chi connectivity index (χ4v) is 4.51. The first-order chi connectivity index (χ1) is 14.7. The molecule has 0 saturated carbocycles. The van der Waals surface area contributed by atoms with Crippen molar-refractivity contribution in [3.05, 3.63) is 53.2 Å². The van der Waals surface area contributed by atoms with Gasteiger partial charge in [0, 0.05) is 19.2 Å². The van der Waals surface area contributed by atoms with Crippen molar-refractivity contribution < 1.29 is 27.6 Å². The van der Waals surface area contributed by atoms with Gasteiger partial charge in [0.1, 0.15) is 0 Å². The third kappa shape index (κ3) is 4.11. The van der Waals surface area contributed by atoms with Crippen molar-refractivity contribution >= 4 is 38.6 Å². The van der Waals surface area contributed by atoms with Gasteiger partial charge in [-0.1, -0.05) is 19.0 Å². The highest BCUT2D eigenvalue weighted by Crippen LogP contribution is 2.26. The number of nitriles is 1. The molecule has 11 heteroatoms. The highest BCUT2D eigenvalue weighted by Gasteiger charge is 2.25. The lowest BCUT2D eigenvalue weighted by Crippen LogP contribution is -2.30. The molecule has 0 radical (unpaired) electrons. The van der Waals surface area contributed by atoms with E-state index >= 15 is 0 Å². The largest absolute Gasteiger partial charge is 0.478 e. The lowest BCUT2D eigenvalue weighted by molar-refractivity contribution is 0.0698. The minimum absolute atomic E-state index is 0.00654. The van der Waals surface area contributed by atoms with Crippen LogP contribution >= 0.6 is 0 Å². The number of carbonyl (C=O) groups excluding carboxylic acids is 1. The van der Waals surface area contributed by atoms with E-state index in [1.54, 1.807) is 13.8 Å². The molecule has 0 unspecified atom stereocenters.